The summed E-state index contributed by atoms with van der Waals surface area (Å²) in [6, 6.07) is 6.62. The Labute approximate surface area is 92.1 Å². The van der Waals surface area contributed by atoms with E-state index in [1.807, 2.05) is 0 Å². The van der Waals surface area contributed by atoms with Gasteiger partial charge in [-0.3, -0.25) is 4.79 Å². The Bertz CT molecular complexity index is 380. The summed E-state index contributed by atoms with van der Waals surface area (Å²) >= 11 is 0. The zero-order valence-electron chi connectivity index (χ0n) is 8.84. The summed E-state index contributed by atoms with van der Waals surface area (Å²) in [7, 11) is 0. The molecule has 2 N–H and O–H groups in total. The van der Waals surface area contributed by atoms with Crippen LogP contribution in [-0.4, -0.2) is 30.1 Å². The van der Waals surface area contributed by atoms with Gasteiger partial charge in [0, 0.05) is 5.56 Å². The molecule has 0 heterocycles. The summed E-state index contributed by atoms with van der Waals surface area (Å²) in [5.41, 5.74) is 1.20. The third-order valence-corrected chi connectivity index (χ3v) is 2.02. The van der Waals surface area contributed by atoms with Crippen molar-refractivity contribution in [2.75, 3.05) is 13.2 Å². The minimum atomic E-state index is -3.28. The Morgan fingerprint density at radius 1 is 1.50 bits per heavy atom. The Kier molecular flexibility index (Phi) is 3.95. The number of rotatable bonds is 4. The van der Waals surface area contributed by atoms with E-state index in [0.717, 1.165) is 5.56 Å². The number of alkyl halides is 2. The molecule has 0 fully saturated rings. The van der Waals surface area contributed by atoms with Gasteiger partial charge < -0.3 is 10.4 Å². The van der Waals surface area contributed by atoms with E-state index in [9.17, 15) is 13.6 Å². The Hall–Kier alpha value is -1.49. The third-order valence-electron chi connectivity index (χ3n) is 2.02. The predicted molar refractivity (Wildman–Crippen MR) is 55.5 cm³/mol. The van der Waals surface area contributed by atoms with Crippen LogP contribution in [0, 0.1) is 6.92 Å². The average molecular weight is 229 g/mol. The number of aliphatic hydroxyl groups excluding tert-OH is 1. The van der Waals surface area contributed by atoms with Crippen molar-refractivity contribution in [3.05, 3.63) is 35.4 Å². The Balaban J connectivity index is 2.60. The topological polar surface area (TPSA) is 49.3 Å². The predicted octanol–water partition coefficient (Wildman–Crippen LogP) is 1.35. The molecule has 3 nitrogen and oxygen atoms in total. The summed E-state index contributed by atoms with van der Waals surface area (Å²) in [5.74, 6) is -3.85. The van der Waals surface area contributed by atoms with Crippen LogP contribution in [0.3, 0.4) is 0 Å². The second-order valence-electron chi connectivity index (χ2n) is 3.57. The van der Waals surface area contributed by atoms with Crippen LogP contribution in [-0.2, 0) is 0 Å². The molecule has 5 heteroatoms. The van der Waals surface area contributed by atoms with Gasteiger partial charge in [0.2, 0.25) is 0 Å². The molecule has 1 aromatic carbocycles. The molecule has 1 amide bonds. The molecular formula is C11H13F2NO2. The highest BCUT2D eigenvalue weighted by Gasteiger charge is 2.28. The number of nitrogens with one attached hydrogen (secondary N) is 1. The first kappa shape index (κ1) is 12.6. The van der Waals surface area contributed by atoms with E-state index in [0.29, 0.717) is 5.56 Å². The van der Waals surface area contributed by atoms with Crippen LogP contribution in [0.25, 0.3) is 0 Å². The third kappa shape index (κ3) is 3.58. The average Bonchev–Trinajstić information content (AvgIpc) is 2.26. The summed E-state index contributed by atoms with van der Waals surface area (Å²) in [4.78, 5) is 11.4. The quantitative estimate of drug-likeness (QED) is 0.818. The normalized spacial score (nSPS) is 11.2. The largest absolute Gasteiger partial charge is 0.390 e. The summed E-state index contributed by atoms with van der Waals surface area (Å²) in [6.07, 6.45) is 0. The summed E-state index contributed by atoms with van der Waals surface area (Å²) < 4.78 is 25.3. The first-order valence-corrected chi connectivity index (χ1v) is 4.78. The number of amides is 1. The Morgan fingerprint density at radius 3 is 2.75 bits per heavy atom. The number of carbonyl (C=O) groups excluding carboxylic acids is 1. The number of hydrogen-bond acceptors (Lipinski definition) is 2. The lowest BCUT2D eigenvalue weighted by Crippen LogP contribution is -2.38. The van der Waals surface area contributed by atoms with E-state index >= 15 is 0 Å². The summed E-state index contributed by atoms with van der Waals surface area (Å²) in [5, 5.41) is 10.4. The van der Waals surface area contributed by atoms with Gasteiger partial charge in [0.25, 0.3) is 11.8 Å². The van der Waals surface area contributed by atoms with Gasteiger partial charge >= 0.3 is 0 Å². The van der Waals surface area contributed by atoms with Crippen LogP contribution in [0.4, 0.5) is 8.78 Å². The smallest absolute Gasteiger partial charge is 0.287 e. The first-order chi connectivity index (χ1) is 7.44. The first-order valence-electron chi connectivity index (χ1n) is 4.78. The highest BCUT2D eigenvalue weighted by Crippen LogP contribution is 2.10. The molecule has 0 radical (unpaired) electrons. The van der Waals surface area contributed by atoms with Gasteiger partial charge in [-0.15, -0.1) is 0 Å². The van der Waals surface area contributed by atoms with Gasteiger partial charge in [-0.2, -0.15) is 0 Å². The van der Waals surface area contributed by atoms with Crippen LogP contribution in [0.2, 0.25) is 0 Å². The van der Waals surface area contributed by atoms with Crippen molar-refractivity contribution >= 4 is 5.91 Å². The number of benzene rings is 1. The van der Waals surface area contributed by atoms with Crippen LogP contribution >= 0.6 is 0 Å². The fourth-order valence-corrected chi connectivity index (χ4v) is 1.15. The summed E-state index contributed by atoms with van der Waals surface area (Å²) in [6.45, 7) is -0.337. The minimum Gasteiger partial charge on any atom is -0.390 e. The SMILES string of the molecule is Cc1cccc(C(=O)NCC(F)(F)CO)c1. The van der Waals surface area contributed by atoms with E-state index in [-0.39, 0.29) is 0 Å². The van der Waals surface area contributed by atoms with Crippen molar-refractivity contribution in [3.63, 3.8) is 0 Å². The second kappa shape index (κ2) is 5.03. The van der Waals surface area contributed by atoms with Gasteiger partial charge in [0.05, 0.1) is 6.54 Å². The molecule has 0 bridgehead atoms. The number of hydrogen-bond donors (Lipinski definition) is 2. The molecule has 0 spiro atoms. The molecule has 0 aliphatic heterocycles. The maximum atomic E-state index is 12.6. The molecule has 0 aliphatic carbocycles. The van der Waals surface area contributed by atoms with Crippen molar-refractivity contribution in [2.45, 2.75) is 12.8 Å². The van der Waals surface area contributed by atoms with Gasteiger partial charge in [-0.25, -0.2) is 8.78 Å². The molecule has 1 aromatic rings. The van der Waals surface area contributed by atoms with E-state index < -0.39 is 25.0 Å². The Morgan fingerprint density at radius 2 is 2.19 bits per heavy atom. The maximum Gasteiger partial charge on any atom is 0.287 e. The van der Waals surface area contributed by atoms with Gasteiger partial charge in [-0.05, 0) is 19.1 Å². The van der Waals surface area contributed by atoms with Crippen LogP contribution < -0.4 is 5.32 Å². The molecule has 0 saturated carbocycles. The molecule has 0 unspecified atom stereocenters. The highest BCUT2D eigenvalue weighted by molar-refractivity contribution is 5.94. The van der Waals surface area contributed by atoms with Gasteiger partial charge in [0.15, 0.2) is 0 Å². The molecule has 16 heavy (non-hydrogen) atoms. The molecule has 1 rings (SSSR count). The van der Waals surface area contributed by atoms with Crippen LogP contribution in [0.15, 0.2) is 24.3 Å². The number of aryl methyl sites for hydroxylation is 1. The zero-order chi connectivity index (χ0) is 12.2. The van der Waals surface area contributed by atoms with Crippen molar-refractivity contribution in [2.24, 2.45) is 0 Å². The fourth-order valence-electron chi connectivity index (χ4n) is 1.15. The zero-order valence-corrected chi connectivity index (χ0v) is 8.84. The van der Waals surface area contributed by atoms with Crippen molar-refractivity contribution < 1.29 is 18.7 Å². The van der Waals surface area contributed by atoms with E-state index in [2.05, 4.69) is 5.32 Å². The molecule has 0 atom stereocenters. The van der Waals surface area contributed by atoms with Crippen LogP contribution in [0.1, 0.15) is 15.9 Å². The lowest BCUT2D eigenvalue weighted by Gasteiger charge is -2.13. The number of carbonyl (C=O) groups is 1. The fraction of sp³-hybridized carbons (Fsp3) is 0.364. The number of aliphatic hydroxyl groups is 1. The van der Waals surface area contributed by atoms with Crippen molar-refractivity contribution in [1.82, 2.24) is 5.32 Å². The lowest BCUT2D eigenvalue weighted by molar-refractivity contribution is -0.0462. The second-order valence-corrected chi connectivity index (χ2v) is 3.57. The standard InChI is InChI=1S/C11H13F2NO2/c1-8-3-2-4-9(5-8)10(16)14-6-11(12,13)7-15/h2-5,15H,6-7H2,1H3,(H,14,16). The van der Waals surface area contributed by atoms with Crippen molar-refractivity contribution in [3.8, 4) is 0 Å². The molecule has 88 valence electrons. The van der Waals surface area contributed by atoms with Gasteiger partial charge in [0.1, 0.15) is 6.61 Å². The van der Waals surface area contributed by atoms with E-state index in [1.165, 1.54) is 0 Å². The van der Waals surface area contributed by atoms with Crippen LogP contribution in [0.5, 0.6) is 0 Å². The molecular weight excluding hydrogens is 216 g/mol. The van der Waals surface area contributed by atoms with E-state index in [4.69, 9.17) is 5.11 Å². The lowest BCUT2D eigenvalue weighted by atomic mass is 10.1. The monoisotopic (exact) mass is 229 g/mol. The molecule has 0 aliphatic rings. The maximum absolute atomic E-state index is 12.6. The minimum absolute atomic E-state index is 0.328. The van der Waals surface area contributed by atoms with E-state index in [1.54, 1.807) is 31.2 Å². The van der Waals surface area contributed by atoms with Crippen molar-refractivity contribution in [1.29, 1.82) is 0 Å². The van der Waals surface area contributed by atoms with Gasteiger partial charge in [-0.1, -0.05) is 17.7 Å². The molecule has 0 saturated heterocycles. The number of halogens is 2. The highest BCUT2D eigenvalue weighted by atomic mass is 19.3. The molecule has 0 aromatic heterocycles.